The van der Waals surface area contributed by atoms with Crippen molar-refractivity contribution in [2.24, 2.45) is 0 Å². The van der Waals surface area contributed by atoms with Crippen LogP contribution in [0.3, 0.4) is 0 Å². The highest BCUT2D eigenvalue weighted by molar-refractivity contribution is 6.22. The minimum Gasteiger partial charge on any atom is -0.494 e. The summed E-state index contributed by atoms with van der Waals surface area (Å²) in [7, 11) is 3.12. The van der Waals surface area contributed by atoms with Gasteiger partial charge in [-0.2, -0.15) is 0 Å². The molecule has 0 aliphatic carbocycles. The van der Waals surface area contributed by atoms with Gasteiger partial charge < -0.3 is 9.47 Å². The topological polar surface area (TPSA) is 18.5 Å². The van der Waals surface area contributed by atoms with Crippen molar-refractivity contribution in [3.8, 4) is 5.75 Å². The number of methoxy groups -OCH3 is 2. The molecule has 0 aliphatic rings. The van der Waals surface area contributed by atoms with E-state index in [1.54, 1.807) is 19.2 Å². The molecule has 2 aromatic rings. The Bertz CT molecular complexity index is 584. The summed E-state index contributed by atoms with van der Waals surface area (Å²) in [5, 5.41) is -0.387. The standard InChI is InChI=1S/C17H18ClFO2/c1-20-10-9-12-3-5-13(6-4-12)17(18)14-7-8-16(21-2)15(19)11-14/h3-8,11,17H,9-10H2,1-2H3. The average Bonchev–Trinajstić information content (AvgIpc) is 2.52. The third-order valence-corrected chi connectivity index (χ3v) is 3.84. The van der Waals surface area contributed by atoms with Crippen molar-refractivity contribution in [1.82, 2.24) is 0 Å². The summed E-state index contributed by atoms with van der Waals surface area (Å²) < 4.78 is 23.7. The third kappa shape index (κ3) is 3.96. The summed E-state index contributed by atoms with van der Waals surface area (Å²) in [5.41, 5.74) is 2.83. The van der Waals surface area contributed by atoms with Crippen LogP contribution in [0.15, 0.2) is 42.5 Å². The van der Waals surface area contributed by atoms with Crippen molar-refractivity contribution in [3.63, 3.8) is 0 Å². The van der Waals surface area contributed by atoms with Crippen LogP contribution in [0.1, 0.15) is 22.1 Å². The van der Waals surface area contributed by atoms with E-state index in [0.29, 0.717) is 12.2 Å². The summed E-state index contributed by atoms with van der Waals surface area (Å²) in [6.07, 6.45) is 0.862. The van der Waals surface area contributed by atoms with Crippen molar-refractivity contribution < 1.29 is 13.9 Å². The highest BCUT2D eigenvalue weighted by Crippen LogP contribution is 2.31. The number of rotatable bonds is 6. The molecule has 21 heavy (non-hydrogen) atoms. The van der Waals surface area contributed by atoms with E-state index in [4.69, 9.17) is 21.1 Å². The first-order valence-corrected chi connectivity index (χ1v) is 7.14. The van der Waals surface area contributed by atoms with Crippen LogP contribution in [0.5, 0.6) is 5.75 Å². The van der Waals surface area contributed by atoms with E-state index < -0.39 is 5.82 Å². The molecular weight excluding hydrogens is 291 g/mol. The van der Waals surface area contributed by atoms with Gasteiger partial charge in [-0.25, -0.2) is 4.39 Å². The number of ether oxygens (including phenoxy) is 2. The monoisotopic (exact) mass is 308 g/mol. The summed E-state index contributed by atoms with van der Waals surface area (Å²) in [5.74, 6) is -0.185. The first-order valence-electron chi connectivity index (χ1n) is 6.71. The molecule has 0 heterocycles. The van der Waals surface area contributed by atoms with E-state index in [-0.39, 0.29) is 11.1 Å². The number of hydrogen-bond donors (Lipinski definition) is 0. The molecule has 0 saturated carbocycles. The smallest absolute Gasteiger partial charge is 0.165 e. The Morgan fingerprint density at radius 2 is 1.71 bits per heavy atom. The molecule has 112 valence electrons. The molecule has 1 unspecified atom stereocenters. The molecule has 0 aliphatic heterocycles. The molecule has 0 fully saturated rings. The van der Waals surface area contributed by atoms with Crippen LogP contribution in [0, 0.1) is 5.82 Å². The molecule has 2 aromatic carbocycles. The molecule has 1 atom stereocenters. The first kappa shape index (κ1) is 15.8. The Morgan fingerprint density at radius 3 is 2.29 bits per heavy atom. The van der Waals surface area contributed by atoms with E-state index in [9.17, 15) is 4.39 Å². The fraction of sp³-hybridized carbons (Fsp3) is 0.294. The van der Waals surface area contributed by atoms with Gasteiger partial charge in [0, 0.05) is 7.11 Å². The van der Waals surface area contributed by atoms with Crippen molar-refractivity contribution >= 4 is 11.6 Å². The van der Waals surface area contributed by atoms with Crippen LogP contribution in [0.25, 0.3) is 0 Å². The number of hydrogen-bond acceptors (Lipinski definition) is 2. The van der Waals surface area contributed by atoms with Crippen LogP contribution in [-0.4, -0.2) is 20.8 Å². The zero-order valence-corrected chi connectivity index (χ0v) is 12.9. The van der Waals surface area contributed by atoms with Crippen LogP contribution in [0.4, 0.5) is 4.39 Å². The first-order chi connectivity index (χ1) is 10.2. The Morgan fingerprint density at radius 1 is 1.05 bits per heavy atom. The van der Waals surface area contributed by atoms with Crippen LogP contribution >= 0.6 is 11.6 Å². The third-order valence-electron chi connectivity index (χ3n) is 3.34. The van der Waals surface area contributed by atoms with E-state index in [1.807, 2.05) is 24.3 Å². The fourth-order valence-corrected chi connectivity index (χ4v) is 2.39. The maximum absolute atomic E-state index is 13.7. The largest absolute Gasteiger partial charge is 0.494 e. The van der Waals surface area contributed by atoms with E-state index in [1.165, 1.54) is 18.7 Å². The molecule has 0 saturated heterocycles. The second kappa shape index (κ2) is 7.43. The van der Waals surface area contributed by atoms with Gasteiger partial charge in [0.1, 0.15) is 0 Å². The Balaban J connectivity index is 2.15. The lowest BCUT2D eigenvalue weighted by Gasteiger charge is -2.12. The second-order valence-electron chi connectivity index (χ2n) is 4.74. The Labute approximate surface area is 129 Å². The van der Waals surface area contributed by atoms with Gasteiger partial charge in [-0.3, -0.25) is 0 Å². The number of alkyl halides is 1. The van der Waals surface area contributed by atoms with Crippen molar-refractivity contribution in [2.45, 2.75) is 11.8 Å². The fourth-order valence-electron chi connectivity index (χ4n) is 2.11. The van der Waals surface area contributed by atoms with Gasteiger partial charge in [-0.1, -0.05) is 30.3 Å². The SMILES string of the molecule is COCCc1ccc(C(Cl)c2ccc(OC)c(F)c2)cc1. The lowest BCUT2D eigenvalue weighted by atomic mass is 10.0. The van der Waals surface area contributed by atoms with Crippen molar-refractivity contribution in [2.75, 3.05) is 20.8 Å². The van der Waals surface area contributed by atoms with Crippen LogP contribution in [-0.2, 0) is 11.2 Å². The Kier molecular flexibility index (Phi) is 5.59. The molecule has 0 bridgehead atoms. The zero-order chi connectivity index (χ0) is 15.2. The van der Waals surface area contributed by atoms with Crippen molar-refractivity contribution in [3.05, 3.63) is 65.0 Å². The molecule has 0 N–H and O–H groups in total. The van der Waals surface area contributed by atoms with Gasteiger partial charge in [-0.15, -0.1) is 11.6 Å². The number of benzene rings is 2. The quantitative estimate of drug-likeness (QED) is 0.739. The Hall–Kier alpha value is -1.58. The normalized spacial score (nSPS) is 12.2. The van der Waals surface area contributed by atoms with Gasteiger partial charge in [-0.05, 0) is 35.2 Å². The molecule has 2 nitrogen and oxygen atoms in total. The molecule has 0 aromatic heterocycles. The predicted octanol–water partition coefficient (Wildman–Crippen LogP) is 4.35. The predicted molar refractivity (Wildman–Crippen MR) is 82.7 cm³/mol. The average molecular weight is 309 g/mol. The van der Waals surface area contributed by atoms with E-state index in [0.717, 1.165) is 12.0 Å². The van der Waals surface area contributed by atoms with Gasteiger partial charge in [0.15, 0.2) is 11.6 Å². The molecule has 2 rings (SSSR count). The summed E-state index contributed by atoms with van der Waals surface area (Å²) >= 11 is 6.42. The minimum absolute atomic E-state index is 0.220. The van der Waals surface area contributed by atoms with E-state index >= 15 is 0 Å². The second-order valence-corrected chi connectivity index (χ2v) is 5.18. The van der Waals surface area contributed by atoms with Gasteiger partial charge >= 0.3 is 0 Å². The highest BCUT2D eigenvalue weighted by Gasteiger charge is 2.13. The summed E-state index contributed by atoms with van der Waals surface area (Å²) in [6.45, 7) is 0.688. The van der Waals surface area contributed by atoms with Gasteiger partial charge in [0.05, 0.1) is 19.1 Å². The lowest BCUT2D eigenvalue weighted by molar-refractivity contribution is 0.202. The molecular formula is C17H18ClFO2. The number of halogens is 2. The van der Waals surface area contributed by atoms with Crippen molar-refractivity contribution in [1.29, 1.82) is 0 Å². The zero-order valence-electron chi connectivity index (χ0n) is 12.1. The maximum Gasteiger partial charge on any atom is 0.165 e. The van der Waals surface area contributed by atoms with Crippen LogP contribution in [0.2, 0.25) is 0 Å². The maximum atomic E-state index is 13.7. The van der Waals surface area contributed by atoms with Gasteiger partial charge in [0.2, 0.25) is 0 Å². The molecule has 0 amide bonds. The minimum atomic E-state index is -0.405. The summed E-state index contributed by atoms with van der Waals surface area (Å²) in [4.78, 5) is 0. The highest BCUT2D eigenvalue weighted by atomic mass is 35.5. The van der Waals surface area contributed by atoms with E-state index in [2.05, 4.69) is 0 Å². The molecule has 0 radical (unpaired) electrons. The lowest BCUT2D eigenvalue weighted by Crippen LogP contribution is -1.98. The molecule has 4 heteroatoms. The molecule has 0 spiro atoms. The van der Waals surface area contributed by atoms with Crippen LogP contribution < -0.4 is 4.74 Å². The summed E-state index contributed by atoms with van der Waals surface area (Å²) in [6, 6.07) is 12.7. The van der Waals surface area contributed by atoms with Gasteiger partial charge in [0.25, 0.3) is 0 Å².